The maximum Gasteiger partial charge on any atom is 0.262 e. The first-order valence-electron chi connectivity index (χ1n) is 7.93. The number of hydrogen-bond donors (Lipinski definition) is 1. The van der Waals surface area contributed by atoms with E-state index >= 15 is 0 Å². The third-order valence-corrected chi connectivity index (χ3v) is 4.59. The summed E-state index contributed by atoms with van der Waals surface area (Å²) in [5.74, 6) is -1.01. The van der Waals surface area contributed by atoms with Crippen molar-refractivity contribution in [3.05, 3.63) is 34.9 Å². The van der Waals surface area contributed by atoms with Crippen LogP contribution >= 0.6 is 0 Å². The van der Waals surface area contributed by atoms with Gasteiger partial charge in [-0.15, -0.1) is 0 Å². The predicted molar refractivity (Wildman–Crippen MR) is 84.9 cm³/mol. The molecule has 6 nitrogen and oxygen atoms in total. The Hall–Kier alpha value is -2.21. The van der Waals surface area contributed by atoms with Crippen LogP contribution < -0.4 is 5.73 Å². The van der Waals surface area contributed by atoms with Gasteiger partial charge in [0, 0.05) is 19.1 Å². The standard InChI is InChI=1S/C17H21N3O3/c1-10-5-6-13-14(8-10)17(23)20(16(13)22)11(2)15(21)19-7-3-4-12(18)9-19/h5-6,8,11-12H,3-4,7,9,18H2,1-2H3. The van der Waals surface area contributed by atoms with E-state index in [1.54, 1.807) is 30.0 Å². The molecule has 3 amide bonds. The van der Waals surface area contributed by atoms with E-state index in [1.165, 1.54) is 0 Å². The molecule has 1 saturated heterocycles. The van der Waals surface area contributed by atoms with Gasteiger partial charge in [0.1, 0.15) is 6.04 Å². The summed E-state index contributed by atoms with van der Waals surface area (Å²) in [6.07, 6.45) is 1.74. The molecule has 122 valence electrons. The van der Waals surface area contributed by atoms with Crippen LogP contribution in [0.1, 0.15) is 46.0 Å². The Balaban J connectivity index is 1.83. The first kappa shape index (κ1) is 15.7. The van der Waals surface area contributed by atoms with Crippen molar-refractivity contribution in [3.8, 4) is 0 Å². The summed E-state index contributed by atoms with van der Waals surface area (Å²) in [5.41, 5.74) is 7.58. The van der Waals surface area contributed by atoms with Crippen molar-refractivity contribution in [1.29, 1.82) is 0 Å². The third-order valence-electron chi connectivity index (χ3n) is 4.59. The number of amides is 3. The largest absolute Gasteiger partial charge is 0.339 e. The van der Waals surface area contributed by atoms with Gasteiger partial charge < -0.3 is 10.6 Å². The molecule has 0 aliphatic carbocycles. The van der Waals surface area contributed by atoms with Gasteiger partial charge in [0.25, 0.3) is 11.8 Å². The summed E-state index contributed by atoms with van der Waals surface area (Å²) in [6.45, 7) is 4.58. The van der Waals surface area contributed by atoms with Gasteiger partial charge in [-0.3, -0.25) is 19.3 Å². The summed E-state index contributed by atoms with van der Waals surface area (Å²) < 4.78 is 0. The zero-order chi connectivity index (χ0) is 16.7. The predicted octanol–water partition coefficient (Wildman–Crippen LogP) is 0.929. The maximum atomic E-state index is 12.7. The first-order chi connectivity index (χ1) is 10.9. The van der Waals surface area contributed by atoms with Crippen molar-refractivity contribution in [2.45, 2.75) is 38.8 Å². The molecule has 0 spiro atoms. The average molecular weight is 315 g/mol. The van der Waals surface area contributed by atoms with E-state index in [2.05, 4.69) is 0 Å². The summed E-state index contributed by atoms with van der Waals surface area (Å²) in [4.78, 5) is 40.5. The minimum atomic E-state index is -0.812. The smallest absolute Gasteiger partial charge is 0.262 e. The van der Waals surface area contributed by atoms with Crippen LogP contribution in [0.15, 0.2) is 18.2 Å². The molecule has 2 N–H and O–H groups in total. The van der Waals surface area contributed by atoms with Gasteiger partial charge in [-0.05, 0) is 38.8 Å². The van der Waals surface area contributed by atoms with Crippen LogP contribution in [0, 0.1) is 6.92 Å². The molecule has 0 radical (unpaired) electrons. The lowest BCUT2D eigenvalue weighted by Crippen LogP contribution is -2.53. The van der Waals surface area contributed by atoms with Crippen molar-refractivity contribution in [1.82, 2.24) is 9.80 Å². The van der Waals surface area contributed by atoms with Gasteiger partial charge in [0.2, 0.25) is 5.91 Å². The summed E-state index contributed by atoms with van der Waals surface area (Å²) in [7, 11) is 0. The number of hydrogen-bond acceptors (Lipinski definition) is 4. The number of imide groups is 1. The number of likely N-dealkylation sites (tertiary alicyclic amines) is 1. The quantitative estimate of drug-likeness (QED) is 0.823. The zero-order valence-corrected chi connectivity index (χ0v) is 13.4. The Bertz CT molecular complexity index is 686. The van der Waals surface area contributed by atoms with Crippen molar-refractivity contribution < 1.29 is 14.4 Å². The minimum absolute atomic E-state index is 0.0373. The number of nitrogens with zero attached hydrogens (tertiary/aromatic N) is 2. The number of fused-ring (bicyclic) bond motifs is 1. The van der Waals surface area contributed by atoms with E-state index in [4.69, 9.17) is 5.73 Å². The lowest BCUT2D eigenvalue weighted by Gasteiger charge is -2.34. The van der Waals surface area contributed by atoms with Gasteiger partial charge in [-0.1, -0.05) is 11.6 Å². The van der Waals surface area contributed by atoms with E-state index in [9.17, 15) is 14.4 Å². The van der Waals surface area contributed by atoms with Gasteiger partial charge in [0.05, 0.1) is 11.1 Å². The Morgan fingerprint density at radius 3 is 2.65 bits per heavy atom. The van der Waals surface area contributed by atoms with E-state index in [1.807, 2.05) is 6.92 Å². The number of nitrogens with two attached hydrogens (primary N) is 1. The molecule has 1 aromatic carbocycles. The van der Waals surface area contributed by atoms with Gasteiger partial charge in [0.15, 0.2) is 0 Å². The van der Waals surface area contributed by atoms with Crippen LogP contribution in [-0.4, -0.2) is 52.7 Å². The second-order valence-corrected chi connectivity index (χ2v) is 6.39. The molecule has 2 heterocycles. The van der Waals surface area contributed by atoms with Gasteiger partial charge in [-0.2, -0.15) is 0 Å². The normalized spacial score (nSPS) is 22.3. The molecule has 0 saturated carbocycles. The van der Waals surface area contributed by atoms with Crippen molar-refractivity contribution >= 4 is 17.7 Å². The summed E-state index contributed by atoms with van der Waals surface area (Å²) in [5, 5.41) is 0. The molecule has 6 heteroatoms. The van der Waals surface area contributed by atoms with Crippen LogP contribution in [0.25, 0.3) is 0 Å². The molecule has 1 aromatic rings. The SMILES string of the molecule is Cc1ccc2c(c1)C(=O)N(C(C)C(=O)N1CCCC(N)C1)C2=O. The average Bonchev–Trinajstić information content (AvgIpc) is 2.77. The maximum absolute atomic E-state index is 12.7. The lowest BCUT2D eigenvalue weighted by atomic mass is 10.1. The van der Waals surface area contributed by atoms with Crippen LogP contribution in [-0.2, 0) is 4.79 Å². The molecule has 2 atom stereocenters. The monoisotopic (exact) mass is 315 g/mol. The van der Waals surface area contributed by atoms with Crippen molar-refractivity contribution in [2.75, 3.05) is 13.1 Å². The first-order valence-corrected chi connectivity index (χ1v) is 7.93. The third kappa shape index (κ3) is 2.63. The number of carbonyl (C=O) groups is 3. The van der Waals surface area contributed by atoms with Crippen molar-refractivity contribution in [3.63, 3.8) is 0 Å². The Morgan fingerprint density at radius 2 is 1.96 bits per heavy atom. The number of aryl methyl sites for hydroxylation is 1. The van der Waals surface area contributed by atoms with E-state index in [0.717, 1.165) is 23.3 Å². The highest BCUT2D eigenvalue weighted by atomic mass is 16.2. The van der Waals surface area contributed by atoms with Gasteiger partial charge in [-0.25, -0.2) is 0 Å². The van der Waals surface area contributed by atoms with Crippen LogP contribution in [0.4, 0.5) is 0 Å². The van der Waals surface area contributed by atoms with Crippen LogP contribution in [0.5, 0.6) is 0 Å². The molecule has 3 rings (SSSR count). The fourth-order valence-corrected chi connectivity index (χ4v) is 3.31. The molecule has 1 fully saturated rings. The molecular weight excluding hydrogens is 294 g/mol. The van der Waals surface area contributed by atoms with Crippen molar-refractivity contribution in [2.24, 2.45) is 5.73 Å². The fourth-order valence-electron chi connectivity index (χ4n) is 3.31. The molecule has 23 heavy (non-hydrogen) atoms. The fraction of sp³-hybridized carbons (Fsp3) is 0.471. The highest BCUT2D eigenvalue weighted by Gasteiger charge is 2.42. The Morgan fingerprint density at radius 1 is 1.26 bits per heavy atom. The Labute approximate surface area is 135 Å². The zero-order valence-electron chi connectivity index (χ0n) is 13.4. The number of benzene rings is 1. The molecule has 2 unspecified atom stereocenters. The van der Waals surface area contributed by atoms with Crippen LogP contribution in [0.2, 0.25) is 0 Å². The Kier molecular flexibility index (Phi) is 3.93. The highest BCUT2D eigenvalue weighted by molar-refractivity contribution is 6.22. The number of piperidine rings is 1. The van der Waals surface area contributed by atoms with E-state index in [0.29, 0.717) is 24.2 Å². The van der Waals surface area contributed by atoms with E-state index in [-0.39, 0.29) is 11.9 Å². The summed E-state index contributed by atoms with van der Waals surface area (Å²) in [6, 6.07) is 4.30. The lowest BCUT2D eigenvalue weighted by molar-refractivity contribution is -0.136. The molecule has 0 aromatic heterocycles. The molecule has 2 aliphatic rings. The second-order valence-electron chi connectivity index (χ2n) is 6.39. The number of rotatable bonds is 2. The highest BCUT2D eigenvalue weighted by Crippen LogP contribution is 2.26. The number of carbonyl (C=O) groups excluding carboxylic acids is 3. The molecular formula is C17H21N3O3. The van der Waals surface area contributed by atoms with Crippen LogP contribution in [0.3, 0.4) is 0 Å². The topological polar surface area (TPSA) is 83.7 Å². The molecule has 0 bridgehead atoms. The minimum Gasteiger partial charge on any atom is -0.339 e. The van der Waals surface area contributed by atoms with Gasteiger partial charge >= 0.3 is 0 Å². The molecule has 2 aliphatic heterocycles. The second kappa shape index (κ2) is 5.77. The van der Waals surface area contributed by atoms with E-state index < -0.39 is 17.9 Å². The summed E-state index contributed by atoms with van der Waals surface area (Å²) >= 11 is 0.